The Hall–Kier alpha value is -1.71. The molecule has 0 amide bonds. The normalized spacial score (nSPS) is 15.6. The van der Waals surface area contributed by atoms with Crippen molar-refractivity contribution in [2.24, 2.45) is 5.73 Å². The van der Waals surface area contributed by atoms with E-state index in [1.807, 2.05) is 24.4 Å². The molecule has 4 heterocycles. The Morgan fingerprint density at radius 3 is 2.38 bits per heavy atom. The highest BCUT2D eigenvalue weighted by Gasteiger charge is 2.19. The number of nitrogens with two attached hydrogens (primary N) is 1. The van der Waals surface area contributed by atoms with Crippen molar-refractivity contribution in [3.05, 3.63) is 48.0 Å². The van der Waals surface area contributed by atoms with E-state index in [9.17, 15) is 0 Å². The summed E-state index contributed by atoms with van der Waals surface area (Å²) in [6.45, 7) is 5.88. The second kappa shape index (κ2) is 9.29. The van der Waals surface area contributed by atoms with Crippen LogP contribution in [0.2, 0.25) is 0 Å². The molecule has 4 rings (SSSR count). The van der Waals surface area contributed by atoms with Crippen molar-refractivity contribution in [1.29, 1.82) is 0 Å². The summed E-state index contributed by atoms with van der Waals surface area (Å²) in [7, 11) is 0. The number of hydrogen-bond donors (Lipinski definition) is 1. The van der Waals surface area contributed by atoms with Crippen LogP contribution in [0.5, 0.6) is 0 Å². The van der Waals surface area contributed by atoms with Gasteiger partial charge >= 0.3 is 0 Å². The Bertz CT molecular complexity index is 781. The molecule has 0 aliphatic carbocycles. The predicted molar refractivity (Wildman–Crippen MR) is 102 cm³/mol. The average molecular weight is 400 g/mol. The van der Waals surface area contributed by atoms with Crippen LogP contribution in [-0.2, 0) is 19.6 Å². The second-order valence-electron chi connectivity index (χ2n) is 6.06. The van der Waals surface area contributed by atoms with E-state index in [0.717, 1.165) is 44.1 Å². The van der Waals surface area contributed by atoms with Gasteiger partial charge in [-0.3, -0.25) is 9.80 Å². The van der Waals surface area contributed by atoms with E-state index in [1.54, 1.807) is 0 Å². The molecule has 8 nitrogen and oxygen atoms in total. The van der Waals surface area contributed by atoms with Gasteiger partial charge in [0.15, 0.2) is 5.82 Å². The van der Waals surface area contributed by atoms with Crippen molar-refractivity contribution in [3.8, 4) is 0 Å². The Balaban J connectivity index is 0.00000121. The minimum atomic E-state index is 0. The van der Waals surface area contributed by atoms with Gasteiger partial charge in [-0.25, -0.2) is 4.98 Å². The van der Waals surface area contributed by atoms with E-state index >= 15 is 0 Å². The number of imidazole rings is 1. The molecule has 0 aromatic carbocycles. The van der Waals surface area contributed by atoms with Crippen molar-refractivity contribution in [3.63, 3.8) is 0 Å². The van der Waals surface area contributed by atoms with Crippen molar-refractivity contribution in [2.45, 2.75) is 19.6 Å². The number of piperazine rings is 1. The molecular formula is C16H23Cl2N7O. The van der Waals surface area contributed by atoms with Crippen molar-refractivity contribution in [1.82, 2.24) is 29.3 Å². The van der Waals surface area contributed by atoms with Crippen LogP contribution in [0.25, 0.3) is 5.65 Å². The van der Waals surface area contributed by atoms with Gasteiger partial charge in [-0.05, 0) is 12.1 Å². The molecule has 10 heteroatoms. The molecule has 0 radical (unpaired) electrons. The topological polar surface area (TPSA) is 88.7 Å². The quantitative estimate of drug-likeness (QED) is 0.691. The maximum Gasteiger partial charge on any atom is 0.240 e. The first-order chi connectivity index (χ1) is 11.8. The number of nitrogens with zero attached hydrogens (tertiary/aromatic N) is 6. The Morgan fingerprint density at radius 2 is 1.73 bits per heavy atom. The van der Waals surface area contributed by atoms with E-state index in [2.05, 4.69) is 35.5 Å². The lowest BCUT2D eigenvalue weighted by Crippen LogP contribution is -2.45. The second-order valence-corrected chi connectivity index (χ2v) is 6.06. The molecule has 142 valence electrons. The van der Waals surface area contributed by atoms with Crippen LogP contribution in [0.1, 0.15) is 17.4 Å². The first kappa shape index (κ1) is 20.6. The zero-order chi connectivity index (χ0) is 16.4. The highest BCUT2D eigenvalue weighted by atomic mass is 35.5. The van der Waals surface area contributed by atoms with Gasteiger partial charge in [0.05, 0.1) is 18.8 Å². The summed E-state index contributed by atoms with van der Waals surface area (Å²) in [6, 6.07) is 6.06. The standard InChI is InChI=1S/C16H21N7O.2ClH/c17-9-16-19-14(20-24-16)12-22-7-5-21(6-8-22)10-13-11-23-4-2-1-3-15(23)18-13;;/h1-4,11H,5-10,12,17H2;2*1H. The lowest BCUT2D eigenvalue weighted by atomic mass is 10.3. The fourth-order valence-electron chi connectivity index (χ4n) is 3.04. The molecule has 26 heavy (non-hydrogen) atoms. The fourth-order valence-corrected chi connectivity index (χ4v) is 3.04. The maximum absolute atomic E-state index is 5.49. The highest BCUT2D eigenvalue weighted by molar-refractivity contribution is 5.85. The molecular weight excluding hydrogens is 377 g/mol. The van der Waals surface area contributed by atoms with Gasteiger partial charge in [-0.15, -0.1) is 24.8 Å². The minimum Gasteiger partial charge on any atom is -0.338 e. The predicted octanol–water partition coefficient (Wildman–Crippen LogP) is 1.34. The van der Waals surface area contributed by atoms with Crippen LogP contribution in [0.3, 0.4) is 0 Å². The summed E-state index contributed by atoms with van der Waals surface area (Å²) < 4.78 is 7.12. The van der Waals surface area contributed by atoms with Crippen LogP contribution < -0.4 is 5.73 Å². The van der Waals surface area contributed by atoms with Crippen LogP contribution in [0.4, 0.5) is 0 Å². The summed E-state index contributed by atoms with van der Waals surface area (Å²) in [5.41, 5.74) is 7.60. The largest absolute Gasteiger partial charge is 0.338 e. The highest BCUT2D eigenvalue weighted by Crippen LogP contribution is 2.11. The summed E-state index contributed by atoms with van der Waals surface area (Å²) in [6.07, 6.45) is 4.14. The average Bonchev–Trinajstić information content (AvgIpc) is 3.22. The minimum absolute atomic E-state index is 0. The van der Waals surface area contributed by atoms with Gasteiger partial charge in [0.25, 0.3) is 0 Å². The van der Waals surface area contributed by atoms with Gasteiger partial charge in [0.1, 0.15) is 5.65 Å². The molecule has 3 aromatic heterocycles. The zero-order valence-corrected chi connectivity index (χ0v) is 16.0. The van der Waals surface area contributed by atoms with E-state index < -0.39 is 0 Å². The molecule has 1 fully saturated rings. The van der Waals surface area contributed by atoms with Crippen molar-refractivity contribution in [2.75, 3.05) is 26.2 Å². The van der Waals surface area contributed by atoms with Gasteiger partial charge in [-0.2, -0.15) is 4.98 Å². The molecule has 0 unspecified atom stereocenters. The third kappa shape index (κ3) is 4.72. The van der Waals surface area contributed by atoms with E-state index in [0.29, 0.717) is 24.8 Å². The lowest BCUT2D eigenvalue weighted by Gasteiger charge is -2.33. The molecule has 0 spiro atoms. The van der Waals surface area contributed by atoms with Gasteiger partial charge in [-0.1, -0.05) is 11.2 Å². The number of fused-ring (bicyclic) bond motifs is 1. The zero-order valence-electron chi connectivity index (χ0n) is 14.3. The number of rotatable bonds is 5. The van der Waals surface area contributed by atoms with Crippen molar-refractivity contribution >= 4 is 30.5 Å². The monoisotopic (exact) mass is 399 g/mol. The molecule has 1 aliphatic heterocycles. The summed E-state index contributed by atoms with van der Waals surface area (Å²) in [5, 5.41) is 3.96. The van der Waals surface area contributed by atoms with Crippen LogP contribution in [0, 0.1) is 0 Å². The SMILES string of the molecule is Cl.Cl.NCc1nc(CN2CCN(Cc3cn4ccccc4n3)CC2)no1. The van der Waals surface area contributed by atoms with Gasteiger partial charge in [0.2, 0.25) is 5.89 Å². The molecule has 1 aliphatic rings. The third-order valence-corrected chi connectivity index (χ3v) is 4.31. The van der Waals surface area contributed by atoms with Gasteiger partial charge in [0, 0.05) is 45.1 Å². The fraction of sp³-hybridized carbons (Fsp3) is 0.438. The third-order valence-electron chi connectivity index (χ3n) is 4.31. The summed E-state index contributed by atoms with van der Waals surface area (Å²) in [5.74, 6) is 1.21. The van der Waals surface area contributed by atoms with E-state index in [4.69, 9.17) is 10.3 Å². The first-order valence-corrected chi connectivity index (χ1v) is 8.19. The van der Waals surface area contributed by atoms with E-state index in [-0.39, 0.29) is 24.8 Å². The molecule has 0 atom stereocenters. The maximum atomic E-state index is 5.49. The Morgan fingerprint density at radius 1 is 1.00 bits per heavy atom. The lowest BCUT2D eigenvalue weighted by molar-refractivity contribution is 0.118. The molecule has 2 N–H and O–H groups in total. The number of aromatic nitrogens is 4. The first-order valence-electron chi connectivity index (χ1n) is 8.19. The number of halogens is 2. The Kier molecular flexibility index (Phi) is 7.36. The van der Waals surface area contributed by atoms with Gasteiger partial charge < -0.3 is 14.7 Å². The van der Waals surface area contributed by atoms with E-state index in [1.165, 1.54) is 0 Å². The molecule has 0 bridgehead atoms. The van der Waals surface area contributed by atoms with Crippen LogP contribution >= 0.6 is 24.8 Å². The van der Waals surface area contributed by atoms with Crippen LogP contribution in [0.15, 0.2) is 35.1 Å². The smallest absolute Gasteiger partial charge is 0.240 e. The number of pyridine rings is 1. The Labute approximate surface area is 164 Å². The summed E-state index contributed by atoms with van der Waals surface area (Å²) >= 11 is 0. The summed E-state index contributed by atoms with van der Waals surface area (Å²) in [4.78, 5) is 13.7. The molecule has 0 saturated carbocycles. The number of hydrogen-bond acceptors (Lipinski definition) is 7. The molecule has 1 saturated heterocycles. The van der Waals surface area contributed by atoms with Crippen molar-refractivity contribution < 1.29 is 4.52 Å². The van der Waals surface area contributed by atoms with Crippen LogP contribution in [-0.4, -0.2) is 55.5 Å². The molecule has 3 aromatic rings.